The summed E-state index contributed by atoms with van der Waals surface area (Å²) in [7, 11) is 0. The Hall–Kier alpha value is -0.820. The molecule has 0 spiro atoms. The Morgan fingerprint density at radius 2 is 2.00 bits per heavy atom. The van der Waals surface area contributed by atoms with Crippen LogP contribution in [0.4, 0.5) is 0 Å². The molecule has 0 amide bonds. The van der Waals surface area contributed by atoms with Crippen molar-refractivity contribution in [1.82, 2.24) is 0 Å². The molecule has 1 aromatic carbocycles. The molecule has 1 heteroatoms. The molecule has 0 saturated heterocycles. The van der Waals surface area contributed by atoms with E-state index in [0.29, 0.717) is 5.92 Å². The summed E-state index contributed by atoms with van der Waals surface area (Å²) in [6.45, 7) is 7.49. The molecule has 1 nitrogen and oxygen atoms in total. The Morgan fingerprint density at radius 1 is 1.27 bits per heavy atom. The van der Waals surface area contributed by atoms with Crippen molar-refractivity contribution in [1.29, 1.82) is 0 Å². The zero-order valence-electron chi connectivity index (χ0n) is 10.2. The van der Waals surface area contributed by atoms with Crippen LogP contribution in [0.1, 0.15) is 43.7 Å². The molecule has 0 fully saturated rings. The van der Waals surface area contributed by atoms with E-state index in [2.05, 4.69) is 45.0 Å². The highest BCUT2D eigenvalue weighted by molar-refractivity contribution is 5.25. The minimum Gasteiger partial charge on any atom is -0.330 e. The highest BCUT2D eigenvalue weighted by Gasteiger charge is 2.12. The SMILES string of the molecule is Cc1cccc(C(CCN)CC(C)C)c1. The van der Waals surface area contributed by atoms with Crippen LogP contribution in [0, 0.1) is 12.8 Å². The van der Waals surface area contributed by atoms with Crippen molar-refractivity contribution >= 4 is 0 Å². The third kappa shape index (κ3) is 4.05. The molecule has 0 aliphatic rings. The van der Waals surface area contributed by atoms with Crippen molar-refractivity contribution in [2.24, 2.45) is 11.7 Å². The quantitative estimate of drug-likeness (QED) is 0.782. The number of nitrogens with two attached hydrogens (primary N) is 1. The maximum absolute atomic E-state index is 5.68. The van der Waals surface area contributed by atoms with E-state index in [1.165, 1.54) is 17.5 Å². The highest BCUT2D eigenvalue weighted by atomic mass is 14.5. The number of hydrogen-bond acceptors (Lipinski definition) is 1. The largest absolute Gasteiger partial charge is 0.330 e. The van der Waals surface area contributed by atoms with Crippen molar-refractivity contribution in [2.75, 3.05) is 6.54 Å². The molecule has 0 saturated carbocycles. The lowest BCUT2D eigenvalue weighted by Crippen LogP contribution is -2.10. The van der Waals surface area contributed by atoms with E-state index in [-0.39, 0.29) is 0 Å². The fourth-order valence-corrected chi connectivity index (χ4v) is 2.11. The number of aryl methyl sites for hydroxylation is 1. The topological polar surface area (TPSA) is 26.0 Å². The van der Waals surface area contributed by atoms with Crippen molar-refractivity contribution in [2.45, 2.75) is 39.5 Å². The zero-order valence-corrected chi connectivity index (χ0v) is 10.2. The molecule has 84 valence electrons. The fraction of sp³-hybridized carbons (Fsp3) is 0.571. The summed E-state index contributed by atoms with van der Waals surface area (Å²) in [6.07, 6.45) is 2.34. The van der Waals surface area contributed by atoms with Crippen LogP contribution >= 0.6 is 0 Å². The first kappa shape index (κ1) is 12.3. The van der Waals surface area contributed by atoms with Gasteiger partial charge in [-0.15, -0.1) is 0 Å². The third-order valence-corrected chi connectivity index (χ3v) is 2.78. The van der Waals surface area contributed by atoms with Crippen LogP contribution in [0.15, 0.2) is 24.3 Å². The normalized spacial score (nSPS) is 13.1. The first-order chi connectivity index (χ1) is 7.13. The van der Waals surface area contributed by atoms with Gasteiger partial charge in [0.05, 0.1) is 0 Å². The average molecular weight is 205 g/mol. The summed E-state index contributed by atoms with van der Waals surface area (Å²) >= 11 is 0. The molecule has 0 aromatic heterocycles. The summed E-state index contributed by atoms with van der Waals surface area (Å²) in [5, 5.41) is 0. The Bertz CT molecular complexity index is 291. The van der Waals surface area contributed by atoms with Crippen LogP contribution in [0.3, 0.4) is 0 Å². The molecule has 0 aliphatic heterocycles. The zero-order chi connectivity index (χ0) is 11.3. The predicted octanol–water partition coefficient (Wildman–Crippen LogP) is 3.47. The summed E-state index contributed by atoms with van der Waals surface area (Å²) in [5.41, 5.74) is 8.48. The van der Waals surface area contributed by atoms with Crippen LogP contribution < -0.4 is 5.73 Å². The Balaban J connectivity index is 2.78. The minimum atomic E-state index is 0.634. The van der Waals surface area contributed by atoms with Gasteiger partial charge in [-0.25, -0.2) is 0 Å². The van der Waals surface area contributed by atoms with Crippen molar-refractivity contribution in [3.63, 3.8) is 0 Å². The van der Waals surface area contributed by atoms with Gasteiger partial charge in [-0.2, -0.15) is 0 Å². The van der Waals surface area contributed by atoms with Gasteiger partial charge in [-0.1, -0.05) is 43.7 Å². The van der Waals surface area contributed by atoms with Gasteiger partial charge in [0, 0.05) is 0 Å². The Labute approximate surface area is 93.7 Å². The van der Waals surface area contributed by atoms with Crippen LogP contribution in [0.2, 0.25) is 0 Å². The van der Waals surface area contributed by atoms with Gasteiger partial charge in [0.2, 0.25) is 0 Å². The lowest BCUT2D eigenvalue weighted by Gasteiger charge is -2.19. The predicted molar refractivity (Wildman–Crippen MR) is 67.0 cm³/mol. The number of benzene rings is 1. The first-order valence-corrected chi connectivity index (χ1v) is 5.90. The van der Waals surface area contributed by atoms with Gasteiger partial charge in [-0.05, 0) is 43.7 Å². The van der Waals surface area contributed by atoms with Crippen LogP contribution in [-0.2, 0) is 0 Å². The van der Waals surface area contributed by atoms with Gasteiger partial charge >= 0.3 is 0 Å². The molecule has 1 atom stereocenters. The molecular weight excluding hydrogens is 182 g/mol. The molecular formula is C14H23N. The average Bonchev–Trinajstić information content (AvgIpc) is 2.16. The van der Waals surface area contributed by atoms with E-state index in [1.807, 2.05) is 0 Å². The van der Waals surface area contributed by atoms with Crippen molar-refractivity contribution in [3.8, 4) is 0 Å². The highest BCUT2D eigenvalue weighted by Crippen LogP contribution is 2.27. The van der Waals surface area contributed by atoms with Gasteiger partial charge in [-0.3, -0.25) is 0 Å². The minimum absolute atomic E-state index is 0.634. The standard InChI is InChI=1S/C14H23N/c1-11(2)9-14(7-8-15)13-6-4-5-12(3)10-13/h4-6,10-11,14H,7-9,15H2,1-3H3. The Morgan fingerprint density at radius 3 is 2.53 bits per heavy atom. The third-order valence-electron chi connectivity index (χ3n) is 2.78. The Kier molecular flexibility index (Phi) is 4.83. The summed E-state index contributed by atoms with van der Waals surface area (Å²) in [4.78, 5) is 0. The second-order valence-electron chi connectivity index (χ2n) is 4.82. The second kappa shape index (κ2) is 5.92. The smallest absolute Gasteiger partial charge is 0.00714 e. The molecule has 0 radical (unpaired) electrons. The van der Waals surface area contributed by atoms with E-state index >= 15 is 0 Å². The van der Waals surface area contributed by atoms with Crippen LogP contribution in [-0.4, -0.2) is 6.54 Å². The number of rotatable bonds is 5. The number of hydrogen-bond donors (Lipinski definition) is 1. The van der Waals surface area contributed by atoms with E-state index in [4.69, 9.17) is 5.73 Å². The molecule has 1 aromatic rings. The van der Waals surface area contributed by atoms with Gasteiger partial charge < -0.3 is 5.73 Å². The first-order valence-electron chi connectivity index (χ1n) is 5.90. The summed E-state index contributed by atoms with van der Waals surface area (Å²) < 4.78 is 0. The molecule has 0 bridgehead atoms. The summed E-state index contributed by atoms with van der Waals surface area (Å²) in [5.74, 6) is 1.37. The lowest BCUT2D eigenvalue weighted by molar-refractivity contribution is 0.480. The molecule has 1 rings (SSSR count). The lowest BCUT2D eigenvalue weighted by atomic mass is 9.87. The van der Waals surface area contributed by atoms with Crippen molar-refractivity contribution in [3.05, 3.63) is 35.4 Å². The van der Waals surface area contributed by atoms with Crippen molar-refractivity contribution < 1.29 is 0 Å². The maximum atomic E-state index is 5.68. The van der Waals surface area contributed by atoms with Gasteiger partial charge in [0.15, 0.2) is 0 Å². The van der Waals surface area contributed by atoms with E-state index in [1.54, 1.807) is 0 Å². The van der Waals surface area contributed by atoms with E-state index in [0.717, 1.165) is 18.9 Å². The van der Waals surface area contributed by atoms with E-state index in [9.17, 15) is 0 Å². The molecule has 0 heterocycles. The summed E-state index contributed by atoms with van der Waals surface area (Å²) in [6, 6.07) is 8.82. The van der Waals surface area contributed by atoms with E-state index < -0.39 is 0 Å². The molecule has 2 N–H and O–H groups in total. The van der Waals surface area contributed by atoms with Crippen LogP contribution in [0.25, 0.3) is 0 Å². The molecule has 0 aliphatic carbocycles. The fourth-order valence-electron chi connectivity index (χ4n) is 2.11. The van der Waals surface area contributed by atoms with Gasteiger partial charge in [0.25, 0.3) is 0 Å². The van der Waals surface area contributed by atoms with Gasteiger partial charge in [0.1, 0.15) is 0 Å². The molecule has 1 unspecified atom stereocenters. The second-order valence-corrected chi connectivity index (χ2v) is 4.82. The maximum Gasteiger partial charge on any atom is -0.00714 e. The monoisotopic (exact) mass is 205 g/mol. The molecule has 15 heavy (non-hydrogen) atoms. The van der Waals surface area contributed by atoms with Crippen LogP contribution in [0.5, 0.6) is 0 Å².